The van der Waals surface area contributed by atoms with E-state index in [1.165, 1.54) is 12.1 Å². The van der Waals surface area contributed by atoms with Crippen molar-refractivity contribution >= 4 is 11.3 Å². The first-order valence-corrected chi connectivity index (χ1v) is 6.70. The lowest BCUT2D eigenvalue weighted by Crippen LogP contribution is -1.97. The lowest BCUT2D eigenvalue weighted by atomic mass is 10.1. The zero-order valence-corrected chi connectivity index (χ0v) is 11.3. The summed E-state index contributed by atoms with van der Waals surface area (Å²) in [6, 6.07) is 10.6. The quantitative estimate of drug-likeness (QED) is 0.785. The van der Waals surface area contributed by atoms with Crippen LogP contribution in [-0.2, 0) is 6.42 Å². The van der Waals surface area contributed by atoms with Crippen LogP contribution in [0.1, 0.15) is 18.2 Å². The predicted molar refractivity (Wildman–Crippen MR) is 78.6 cm³/mol. The van der Waals surface area contributed by atoms with E-state index < -0.39 is 0 Å². The maximum absolute atomic E-state index is 12.9. The summed E-state index contributed by atoms with van der Waals surface area (Å²) in [5.41, 5.74) is 4.03. The zero-order chi connectivity index (χ0) is 13.9. The molecule has 3 aromatic rings. The molecule has 0 fully saturated rings. The number of halogens is 1. The summed E-state index contributed by atoms with van der Waals surface area (Å²) in [4.78, 5) is 4.57. The average molecular weight is 269 g/mol. The summed E-state index contributed by atoms with van der Waals surface area (Å²) in [6.07, 6.45) is 4.75. The molecule has 20 heavy (non-hydrogen) atoms. The van der Waals surface area contributed by atoms with Gasteiger partial charge in [0.25, 0.3) is 0 Å². The monoisotopic (exact) mass is 269 g/mol. The Balaban J connectivity index is 1.86. The van der Waals surface area contributed by atoms with Crippen molar-refractivity contribution in [3.8, 4) is 0 Å². The molecule has 3 nitrogen and oxygen atoms in total. The molecule has 0 aliphatic carbocycles. The van der Waals surface area contributed by atoms with Gasteiger partial charge >= 0.3 is 0 Å². The first-order valence-electron chi connectivity index (χ1n) is 6.70. The minimum Gasteiger partial charge on any atom is -0.384 e. The van der Waals surface area contributed by atoms with E-state index in [1.54, 1.807) is 12.1 Å². The number of hydrogen-bond acceptors (Lipinski definition) is 2. The van der Waals surface area contributed by atoms with E-state index in [4.69, 9.17) is 0 Å². The molecule has 0 saturated carbocycles. The van der Waals surface area contributed by atoms with Crippen LogP contribution in [0.3, 0.4) is 0 Å². The standard InChI is InChI=1S/C16H16FN3/c1-2-18-14-7-8-16-19-15(11-20(16)10-14)9-12-3-5-13(17)6-4-12/h3-8,10-11,18H,2,9H2,1H3. The van der Waals surface area contributed by atoms with Crippen molar-refractivity contribution in [1.82, 2.24) is 9.38 Å². The van der Waals surface area contributed by atoms with Crippen LogP contribution in [0.4, 0.5) is 10.1 Å². The number of imidazole rings is 1. The second-order valence-corrected chi connectivity index (χ2v) is 4.75. The first-order chi connectivity index (χ1) is 9.74. The van der Waals surface area contributed by atoms with E-state index in [9.17, 15) is 4.39 Å². The molecule has 0 radical (unpaired) electrons. The SMILES string of the molecule is CCNc1ccc2nc(Cc3ccc(F)cc3)cn2c1. The van der Waals surface area contributed by atoms with Crippen molar-refractivity contribution in [2.45, 2.75) is 13.3 Å². The molecule has 0 aliphatic heterocycles. The second-order valence-electron chi connectivity index (χ2n) is 4.75. The number of aromatic nitrogens is 2. The molecule has 0 saturated heterocycles. The fourth-order valence-electron chi connectivity index (χ4n) is 2.25. The summed E-state index contributed by atoms with van der Waals surface area (Å²) in [7, 11) is 0. The van der Waals surface area contributed by atoms with E-state index in [-0.39, 0.29) is 5.82 Å². The molecule has 3 rings (SSSR count). The molecular weight excluding hydrogens is 253 g/mol. The number of benzene rings is 1. The topological polar surface area (TPSA) is 29.3 Å². The Kier molecular flexibility index (Phi) is 3.37. The number of pyridine rings is 1. The molecule has 0 bridgehead atoms. The van der Waals surface area contributed by atoms with Gasteiger partial charge in [-0.3, -0.25) is 0 Å². The maximum atomic E-state index is 12.9. The minimum atomic E-state index is -0.209. The van der Waals surface area contributed by atoms with Gasteiger partial charge in [0.15, 0.2) is 0 Å². The van der Waals surface area contributed by atoms with Crippen molar-refractivity contribution in [2.75, 3.05) is 11.9 Å². The van der Waals surface area contributed by atoms with Crippen LogP contribution in [0.2, 0.25) is 0 Å². The van der Waals surface area contributed by atoms with E-state index in [0.29, 0.717) is 6.42 Å². The van der Waals surface area contributed by atoms with E-state index >= 15 is 0 Å². The Bertz CT molecular complexity index is 716. The summed E-state index contributed by atoms with van der Waals surface area (Å²) in [5.74, 6) is -0.209. The molecule has 2 aromatic heterocycles. The first kappa shape index (κ1) is 12.7. The molecular formula is C16H16FN3. The van der Waals surface area contributed by atoms with E-state index in [1.807, 2.05) is 28.9 Å². The van der Waals surface area contributed by atoms with Gasteiger partial charge in [-0.05, 0) is 36.8 Å². The number of fused-ring (bicyclic) bond motifs is 1. The van der Waals surface area contributed by atoms with Crippen molar-refractivity contribution < 1.29 is 4.39 Å². The second kappa shape index (κ2) is 5.33. The Morgan fingerprint density at radius 2 is 1.90 bits per heavy atom. The van der Waals surface area contributed by atoms with Gasteiger partial charge in [-0.15, -0.1) is 0 Å². The third-order valence-corrected chi connectivity index (χ3v) is 3.18. The highest BCUT2D eigenvalue weighted by molar-refractivity contribution is 5.51. The van der Waals surface area contributed by atoms with Gasteiger partial charge in [0.1, 0.15) is 11.5 Å². The van der Waals surface area contributed by atoms with Crippen molar-refractivity contribution in [3.05, 3.63) is 65.9 Å². The summed E-state index contributed by atoms with van der Waals surface area (Å²) >= 11 is 0. The molecule has 0 atom stereocenters. The van der Waals surface area contributed by atoms with Crippen LogP contribution in [0, 0.1) is 5.82 Å². The highest BCUT2D eigenvalue weighted by atomic mass is 19.1. The molecule has 0 aliphatic rings. The summed E-state index contributed by atoms with van der Waals surface area (Å²) < 4.78 is 14.9. The fraction of sp³-hybridized carbons (Fsp3) is 0.188. The Morgan fingerprint density at radius 1 is 1.10 bits per heavy atom. The third-order valence-electron chi connectivity index (χ3n) is 3.18. The minimum absolute atomic E-state index is 0.209. The number of nitrogens with one attached hydrogen (secondary N) is 1. The highest BCUT2D eigenvalue weighted by Crippen LogP contribution is 2.14. The Morgan fingerprint density at radius 3 is 2.65 bits per heavy atom. The van der Waals surface area contributed by atoms with Crippen molar-refractivity contribution in [3.63, 3.8) is 0 Å². The van der Waals surface area contributed by atoms with Crippen LogP contribution >= 0.6 is 0 Å². The fourth-order valence-corrected chi connectivity index (χ4v) is 2.25. The molecule has 2 heterocycles. The smallest absolute Gasteiger partial charge is 0.137 e. The lowest BCUT2D eigenvalue weighted by Gasteiger charge is -2.02. The predicted octanol–water partition coefficient (Wildman–Crippen LogP) is 3.50. The van der Waals surface area contributed by atoms with Crippen LogP contribution in [0.5, 0.6) is 0 Å². The molecule has 1 N–H and O–H groups in total. The van der Waals surface area contributed by atoms with Gasteiger partial charge < -0.3 is 9.72 Å². The van der Waals surface area contributed by atoms with E-state index in [0.717, 1.165) is 29.1 Å². The summed E-state index contributed by atoms with van der Waals surface area (Å²) in [6.45, 7) is 2.96. The normalized spacial score (nSPS) is 10.9. The maximum Gasteiger partial charge on any atom is 0.137 e. The summed E-state index contributed by atoms with van der Waals surface area (Å²) in [5, 5.41) is 3.27. The lowest BCUT2D eigenvalue weighted by molar-refractivity contribution is 0.627. The molecule has 0 amide bonds. The molecule has 102 valence electrons. The number of rotatable bonds is 4. The van der Waals surface area contributed by atoms with Crippen LogP contribution in [-0.4, -0.2) is 15.9 Å². The number of nitrogens with zero attached hydrogens (tertiary/aromatic N) is 2. The van der Waals surface area contributed by atoms with Gasteiger partial charge in [-0.1, -0.05) is 12.1 Å². The molecule has 0 spiro atoms. The van der Waals surface area contributed by atoms with Gasteiger partial charge in [0.2, 0.25) is 0 Å². The molecule has 0 unspecified atom stereocenters. The van der Waals surface area contributed by atoms with E-state index in [2.05, 4.69) is 17.2 Å². The Labute approximate surface area is 117 Å². The highest BCUT2D eigenvalue weighted by Gasteiger charge is 2.04. The third kappa shape index (κ3) is 2.64. The van der Waals surface area contributed by atoms with Gasteiger partial charge in [0.05, 0.1) is 11.4 Å². The average Bonchev–Trinajstić information content (AvgIpc) is 2.83. The van der Waals surface area contributed by atoms with Gasteiger partial charge in [-0.2, -0.15) is 0 Å². The molecule has 1 aromatic carbocycles. The number of hydrogen-bond donors (Lipinski definition) is 1. The Hall–Kier alpha value is -2.36. The van der Waals surface area contributed by atoms with Crippen LogP contribution < -0.4 is 5.32 Å². The van der Waals surface area contributed by atoms with Crippen LogP contribution in [0.15, 0.2) is 48.8 Å². The van der Waals surface area contributed by atoms with Crippen LogP contribution in [0.25, 0.3) is 5.65 Å². The van der Waals surface area contributed by atoms with Gasteiger partial charge in [0, 0.05) is 25.4 Å². The molecule has 4 heteroatoms. The van der Waals surface area contributed by atoms with Crippen molar-refractivity contribution in [1.29, 1.82) is 0 Å². The zero-order valence-electron chi connectivity index (χ0n) is 11.3. The number of anilines is 1. The van der Waals surface area contributed by atoms with Gasteiger partial charge in [-0.25, -0.2) is 9.37 Å². The largest absolute Gasteiger partial charge is 0.384 e. The van der Waals surface area contributed by atoms with Crippen molar-refractivity contribution in [2.24, 2.45) is 0 Å².